The second kappa shape index (κ2) is 10.9. The maximum Gasteiger partial charge on any atom is 0.291 e. The van der Waals surface area contributed by atoms with Crippen molar-refractivity contribution in [2.75, 3.05) is 42.9 Å². The summed E-state index contributed by atoms with van der Waals surface area (Å²) in [7, 11) is 0. The summed E-state index contributed by atoms with van der Waals surface area (Å²) >= 11 is 0. The van der Waals surface area contributed by atoms with E-state index in [-0.39, 0.29) is 29.0 Å². The first-order chi connectivity index (χ1) is 19.8. The Kier molecular flexibility index (Phi) is 7.19. The zero-order valence-corrected chi connectivity index (χ0v) is 23.1. The van der Waals surface area contributed by atoms with Gasteiger partial charge in [0, 0.05) is 62.5 Å². The lowest BCUT2D eigenvalue weighted by molar-refractivity contribution is -0.138. The zero-order valence-electron chi connectivity index (χ0n) is 23.1. The van der Waals surface area contributed by atoms with E-state index in [0.29, 0.717) is 69.1 Å². The minimum absolute atomic E-state index is 0.00181. The molecule has 0 saturated carbocycles. The molecule has 0 atom stereocenters. The quantitative estimate of drug-likeness (QED) is 0.440. The monoisotopic (exact) mass is 559 g/mol. The van der Waals surface area contributed by atoms with E-state index >= 15 is 4.39 Å². The van der Waals surface area contributed by atoms with Crippen LogP contribution >= 0.6 is 0 Å². The Morgan fingerprint density at radius 3 is 2.59 bits per heavy atom. The number of H-pyrrole nitrogens is 1. The first-order valence-electron chi connectivity index (χ1n) is 14.2. The molecule has 1 spiro atoms. The van der Waals surface area contributed by atoms with Gasteiger partial charge < -0.3 is 25.4 Å². The van der Waals surface area contributed by atoms with Crippen molar-refractivity contribution in [1.29, 1.82) is 0 Å². The van der Waals surface area contributed by atoms with E-state index in [1.165, 1.54) is 6.07 Å². The number of carbonyl (C=O) groups is 3. The minimum atomic E-state index is -0.471. The van der Waals surface area contributed by atoms with Crippen molar-refractivity contribution >= 4 is 29.1 Å². The van der Waals surface area contributed by atoms with Crippen molar-refractivity contribution < 1.29 is 18.8 Å². The van der Waals surface area contributed by atoms with E-state index in [2.05, 4.69) is 25.6 Å². The number of piperidine rings is 2. The Morgan fingerprint density at radius 2 is 1.88 bits per heavy atom. The van der Waals surface area contributed by atoms with E-state index in [1.54, 1.807) is 24.5 Å². The zero-order chi connectivity index (χ0) is 28.6. The van der Waals surface area contributed by atoms with Gasteiger partial charge in [-0.05, 0) is 62.3 Å². The molecule has 0 unspecified atom stereocenters. The van der Waals surface area contributed by atoms with Gasteiger partial charge in [-0.25, -0.2) is 9.37 Å². The Morgan fingerprint density at radius 1 is 1.10 bits per heavy atom. The molecule has 11 heteroatoms. The average Bonchev–Trinajstić information content (AvgIpc) is 3.61. The summed E-state index contributed by atoms with van der Waals surface area (Å²) < 4.78 is 15.1. The van der Waals surface area contributed by atoms with Gasteiger partial charge in [0.2, 0.25) is 11.8 Å². The summed E-state index contributed by atoms with van der Waals surface area (Å²) in [5.74, 6) is -0.643. The van der Waals surface area contributed by atoms with Crippen molar-refractivity contribution in [1.82, 2.24) is 25.2 Å². The first kappa shape index (κ1) is 26.9. The van der Waals surface area contributed by atoms with Gasteiger partial charge in [0.25, 0.3) is 5.91 Å². The SMILES string of the molecule is Cc1cc(-c2cnc(C(=O)Nc3cccc(F)c3N3CCC(C(=O)N4CCC5(CC4)CNC(=O)C5)CC3)[nH]2)ccn1. The number of nitrogens with one attached hydrogen (secondary N) is 3. The number of imidazole rings is 1. The number of para-hydroxylation sites is 1. The van der Waals surface area contributed by atoms with Gasteiger partial charge in [0.1, 0.15) is 5.82 Å². The molecule has 3 aromatic rings. The number of pyridine rings is 1. The highest BCUT2D eigenvalue weighted by Crippen LogP contribution is 2.39. The minimum Gasteiger partial charge on any atom is -0.367 e. The fourth-order valence-electron chi connectivity index (χ4n) is 6.33. The lowest BCUT2D eigenvalue weighted by Gasteiger charge is -2.41. The fourth-order valence-corrected chi connectivity index (χ4v) is 6.33. The molecule has 2 aromatic heterocycles. The summed E-state index contributed by atoms with van der Waals surface area (Å²) in [4.78, 5) is 53.4. The molecule has 3 N–H and O–H groups in total. The average molecular weight is 560 g/mol. The molecule has 3 saturated heterocycles. The number of benzene rings is 1. The molecule has 6 rings (SSSR count). The molecule has 3 aliphatic heterocycles. The van der Waals surface area contributed by atoms with Crippen molar-refractivity contribution in [3.05, 3.63) is 60.1 Å². The van der Waals surface area contributed by atoms with E-state index < -0.39 is 11.7 Å². The van der Waals surface area contributed by atoms with Crippen LogP contribution in [-0.4, -0.2) is 70.3 Å². The van der Waals surface area contributed by atoms with Crippen LogP contribution in [0.4, 0.5) is 15.8 Å². The number of aromatic amines is 1. The predicted octanol–water partition coefficient (Wildman–Crippen LogP) is 3.52. The lowest BCUT2D eigenvalue weighted by atomic mass is 9.77. The van der Waals surface area contributed by atoms with Crippen LogP contribution in [-0.2, 0) is 9.59 Å². The number of nitrogens with zero attached hydrogens (tertiary/aromatic N) is 4. The van der Waals surface area contributed by atoms with E-state index in [0.717, 1.165) is 24.1 Å². The molecule has 0 radical (unpaired) electrons. The molecule has 3 amide bonds. The number of aromatic nitrogens is 3. The topological polar surface area (TPSA) is 123 Å². The first-order valence-corrected chi connectivity index (χ1v) is 14.2. The van der Waals surface area contributed by atoms with E-state index in [9.17, 15) is 14.4 Å². The Bertz CT molecular complexity index is 1470. The highest BCUT2D eigenvalue weighted by atomic mass is 19.1. The second-order valence-corrected chi connectivity index (χ2v) is 11.5. The summed E-state index contributed by atoms with van der Waals surface area (Å²) in [6.07, 6.45) is 6.73. The Balaban J connectivity index is 1.08. The van der Waals surface area contributed by atoms with Crippen molar-refractivity contribution in [3.63, 3.8) is 0 Å². The number of hydrogen-bond acceptors (Lipinski definition) is 6. The highest BCUT2D eigenvalue weighted by molar-refractivity contribution is 6.04. The van der Waals surface area contributed by atoms with Crippen LogP contribution in [0.2, 0.25) is 0 Å². The number of amides is 3. The third-order valence-corrected chi connectivity index (χ3v) is 8.73. The third kappa shape index (κ3) is 5.53. The number of halogens is 1. The number of anilines is 2. The molecule has 214 valence electrons. The van der Waals surface area contributed by atoms with Gasteiger partial charge in [-0.1, -0.05) is 6.07 Å². The summed E-state index contributed by atoms with van der Waals surface area (Å²) in [6.45, 7) is 4.95. The van der Waals surface area contributed by atoms with Crippen LogP contribution in [0, 0.1) is 24.1 Å². The summed E-state index contributed by atoms with van der Waals surface area (Å²) in [6, 6.07) is 8.35. The van der Waals surface area contributed by atoms with Gasteiger partial charge in [0.15, 0.2) is 5.82 Å². The Hall–Kier alpha value is -4.28. The van der Waals surface area contributed by atoms with E-state index in [1.807, 2.05) is 28.9 Å². The summed E-state index contributed by atoms with van der Waals surface area (Å²) in [5, 5.41) is 5.76. The highest BCUT2D eigenvalue weighted by Gasteiger charge is 2.42. The molecule has 0 bridgehead atoms. The molecular formula is C30H34FN7O3. The third-order valence-electron chi connectivity index (χ3n) is 8.73. The largest absolute Gasteiger partial charge is 0.367 e. The van der Waals surface area contributed by atoms with Gasteiger partial charge in [-0.2, -0.15) is 0 Å². The van der Waals surface area contributed by atoms with Gasteiger partial charge in [-0.15, -0.1) is 0 Å². The number of rotatable bonds is 5. The molecule has 0 aliphatic carbocycles. The predicted molar refractivity (Wildman–Crippen MR) is 152 cm³/mol. The number of likely N-dealkylation sites (tertiary alicyclic amines) is 1. The van der Waals surface area contributed by atoms with E-state index in [4.69, 9.17) is 0 Å². The lowest BCUT2D eigenvalue weighted by Crippen LogP contribution is -2.48. The van der Waals surface area contributed by atoms with Crippen LogP contribution in [0.25, 0.3) is 11.3 Å². The van der Waals surface area contributed by atoms with Crippen LogP contribution in [0.3, 0.4) is 0 Å². The van der Waals surface area contributed by atoms with Gasteiger partial charge in [0.05, 0.1) is 23.3 Å². The normalized spacial score (nSPS) is 18.9. The number of aryl methyl sites for hydroxylation is 1. The fraction of sp³-hybridized carbons (Fsp3) is 0.433. The maximum absolute atomic E-state index is 15.1. The van der Waals surface area contributed by atoms with Crippen LogP contribution in [0.15, 0.2) is 42.7 Å². The Labute approximate surface area is 237 Å². The number of carbonyl (C=O) groups excluding carboxylic acids is 3. The van der Waals surface area contributed by atoms with Crippen LogP contribution in [0.1, 0.15) is 48.4 Å². The molecular weight excluding hydrogens is 525 g/mol. The van der Waals surface area contributed by atoms with Gasteiger partial charge in [-0.3, -0.25) is 19.4 Å². The van der Waals surface area contributed by atoms with Crippen molar-refractivity contribution in [2.45, 2.75) is 39.0 Å². The van der Waals surface area contributed by atoms with Crippen molar-refractivity contribution in [3.8, 4) is 11.3 Å². The molecule has 10 nitrogen and oxygen atoms in total. The second-order valence-electron chi connectivity index (χ2n) is 11.5. The van der Waals surface area contributed by atoms with Crippen LogP contribution in [0.5, 0.6) is 0 Å². The molecule has 1 aromatic carbocycles. The molecule has 3 fully saturated rings. The smallest absolute Gasteiger partial charge is 0.291 e. The molecule has 5 heterocycles. The molecule has 41 heavy (non-hydrogen) atoms. The van der Waals surface area contributed by atoms with Crippen molar-refractivity contribution in [2.24, 2.45) is 11.3 Å². The van der Waals surface area contributed by atoms with Crippen LogP contribution < -0.4 is 15.5 Å². The molecule has 3 aliphatic rings. The summed E-state index contributed by atoms with van der Waals surface area (Å²) in [5.41, 5.74) is 3.08. The maximum atomic E-state index is 15.1. The standard InChI is InChI=1S/C30H34FN7O3/c1-19-15-21(5-10-32-19)24-17-33-27(35-24)28(40)36-23-4-2-3-22(31)26(23)37-11-6-20(7-12-37)29(41)38-13-8-30(9-14-38)16-25(39)34-18-30/h2-5,10,15,17,20H,6-9,11-14,16,18H2,1H3,(H,33,35)(H,34,39)(H,36,40). The van der Waals surface area contributed by atoms with Gasteiger partial charge >= 0.3 is 0 Å². The number of hydrogen-bond donors (Lipinski definition) is 3.